The maximum absolute atomic E-state index is 12.0. The highest BCUT2D eigenvalue weighted by molar-refractivity contribution is 5.92. The molecule has 1 amide bonds. The molecule has 21 heavy (non-hydrogen) atoms. The van der Waals surface area contributed by atoms with Gasteiger partial charge in [-0.3, -0.25) is 4.79 Å². The third kappa shape index (κ3) is 3.89. The van der Waals surface area contributed by atoms with Crippen LogP contribution in [0.2, 0.25) is 0 Å². The highest BCUT2D eigenvalue weighted by Crippen LogP contribution is 2.25. The Morgan fingerprint density at radius 1 is 1.14 bits per heavy atom. The molecule has 0 aliphatic rings. The first-order valence-corrected chi connectivity index (χ1v) is 6.42. The van der Waals surface area contributed by atoms with Gasteiger partial charge in [-0.25, -0.2) is 0 Å². The second-order valence-electron chi connectivity index (χ2n) is 4.45. The molecule has 0 radical (unpaired) electrons. The van der Waals surface area contributed by atoms with E-state index in [4.69, 9.17) is 9.47 Å². The van der Waals surface area contributed by atoms with Gasteiger partial charge in [0.1, 0.15) is 17.2 Å². The number of phenols is 1. The van der Waals surface area contributed by atoms with E-state index in [1.165, 1.54) is 6.07 Å². The summed E-state index contributed by atoms with van der Waals surface area (Å²) in [6.45, 7) is 0. The van der Waals surface area contributed by atoms with Crippen LogP contribution in [-0.2, 0) is 11.2 Å². The number of carbonyl (C=O) groups is 1. The van der Waals surface area contributed by atoms with E-state index in [0.29, 0.717) is 17.2 Å². The Hall–Kier alpha value is -2.69. The van der Waals surface area contributed by atoms with E-state index in [0.717, 1.165) is 5.56 Å². The molecule has 0 aromatic heterocycles. The lowest BCUT2D eigenvalue weighted by Gasteiger charge is -2.11. The average molecular weight is 287 g/mol. The minimum absolute atomic E-state index is 0.106. The Labute approximate surface area is 123 Å². The Morgan fingerprint density at radius 3 is 2.62 bits per heavy atom. The molecule has 0 saturated heterocycles. The molecule has 2 rings (SSSR count). The van der Waals surface area contributed by atoms with Crippen LogP contribution in [0.15, 0.2) is 42.5 Å². The van der Waals surface area contributed by atoms with Gasteiger partial charge in [0.25, 0.3) is 0 Å². The van der Waals surface area contributed by atoms with Gasteiger partial charge in [-0.1, -0.05) is 12.1 Å². The van der Waals surface area contributed by atoms with Crippen LogP contribution in [0.1, 0.15) is 5.56 Å². The molecule has 2 aromatic rings. The zero-order valence-electron chi connectivity index (χ0n) is 11.9. The largest absolute Gasteiger partial charge is 0.508 e. The van der Waals surface area contributed by atoms with E-state index in [1.807, 2.05) is 0 Å². The van der Waals surface area contributed by atoms with Crippen molar-refractivity contribution in [3.63, 3.8) is 0 Å². The van der Waals surface area contributed by atoms with Crippen molar-refractivity contribution in [1.29, 1.82) is 0 Å². The minimum Gasteiger partial charge on any atom is -0.508 e. The number of anilines is 1. The van der Waals surface area contributed by atoms with Crippen molar-refractivity contribution in [3.8, 4) is 17.2 Å². The van der Waals surface area contributed by atoms with Gasteiger partial charge in [0.2, 0.25) is 5.91 Å². The first-order valence-electron chi connectivity index (χ1n) is 6.42. The van der Waals surface area contributed by atoms with Crippen molar-refractivity contribution < 1.29 is 19.4 Å². The quantitative estimate of drug-likeness (QED) is 0.887. The highest BCUT2D eigenvalue weighted by Gasteiger charge is 2.10. The monoisotopic (exact) mass is 287 g/mol. The molecule has 0 heterocycles. The fraction of sp³-hybridized carbons (Fsp3) is 0.188. The van der Waals surface area contributed by atoms with Crippen LogP contribution in [0.4, 0.5) is 5.69 Å². The van der Waals surface area contributed by atoms with Gasteiger partial charge in [-0.2, -0.15) is 0 Å². The fourth-order valence-electron chi connectivity index (χ4n) is 1.96. The van der Waals surface area contributed by atoms with Gasteiger partial charge < -0.3 is 19.9 Å². The number of carbonyl (C=O) groups excluding carboxylic acids is 1. The molecule has 0 bridgehead atoms. The maximum Gasteiger partial charge on any atom is 0.228 e. The van der Waals surface area contributed by atoms with Crippen molar-refractivity contribution >= 4 is 11.6 Å². The molecule has 0 fully saturated rings. The predicted molar refractivity (Wildman–Crippen MR) is 80.0 cm³/mol. The molecule has 0 atom stereocenters. The minimum atomic E-state index is -0.191. The average Bonchev–Trinajstić information content (AvgIpc) is 2.47. The number of benzene rings is 2. The molecule has 0 aliphatic carbocycles. The summed E-state index contributed by atoms with van der Waals surface area (Å²) in [7, 11) is 3.12. The first kappa shape index (κ1) is 14.7. The van der Waals surface area contributed by atoms with Crippen molar-refractivity contribution in [2.45, 2.75) is 6.42 Å². The summed E-state index contributed by atoms with van der Waals surface area (Å²) >= 11 is 0. The number of rotatable bonds is 5. The van der Waals surface area contributed by atoms with E-state index in [1.54, 1.807) is 50.6 Å². The number of hydrogen-bond acceptors (Lipinski definition) is 4. The lowest BCUT2D eigenvalue weighted by molar-refractivity contribution is -0.115. The molecule has 110 valence electrons. The number of methoxy groups -OCH3 is 2. The van der Waals surface area contributed by atoms with Crippen molar-refractivity contribution in [2.24, 2.45) is 0 Å². The second kappa shape index (κ2) is 6.65. The Bertz CT molecular complexity index is 640. The van der Waals surface area contributed by atoms with Crippen LogP contribution in [0.25, 0.3) is 0 Å². The number of phenolic OH excluding ortho intramolecular Hbond substituents is 1. The zero-order chi connectivity index (χ0) is 15.2. The molecule has 2 aromatic carbocycles. The summed E-state index contributed by atoms with van der Waals surface area (Å²) in [5.74, 6) is 1.18. The molecule has 5 heteroatoms. The zero-order valence-corrected chi connectivity index (χ0v) is 11.9. The summed E-state index contributed by atoms with van der Waals surface area (Å²) in [6, 6.07) is 11.7. The third-order valence-electron chi connectivity index (χ3n) is 2.98. The van der Waals surface area contributed by atoms with Crippen LogP contribution in [-0.4, -0.2) is 25.2 Å². The van der Waals surface area contributed by atoms with Crippen LogP contribution in [0.5, 0.6) is 17.2 Å². The summed E-state index contributed by atoms with van der Waals surface area (Å²) < 4.78 is 10.4. The van der Waals surface area contributed by atoms with Crippen LogP contribution >= 0.6 is 0 Å². The number of hydrogen-bond donors (Lipinski definition) is 2. The van der Waals surface area contributed by atoms with Crippen molar-refractivity contribution in [3.05, 3.63) is 48.0 Å². The van der Waals surface area contributed by atoms with Gasteiger partial charge in [0, 0.05) is 23.4 Å². The van der Waals surface area contributed by atoms with Crippen molar-refractivity contribution in [2.75, 3.05) is 19.5 Å². The van der Waals surface area contributed by atoms with E-state index in [-0.39, 0.29) is 18.1 Å². The Kier molecular flexibility index (Phi) is 4.66. The number of ether oxygens (including phenoxy) is 2. The van der Waals surface area contributed by atoms with E-state index in [2.05, 4.69) is 5.32 Å². The van der Waals surface area contributed by atoms with Gasteiger partial charge in [-0.05, 0) is 18.2 Å². The van der Waals surface area contributed by atoms with Crippen LogP contribution < -0.4 is 14.8 Å². The van der Waals surface area contributed by atoms with Gasteiger partial charge in [0.05, 0.1) is 20.6 Å². The van der Waals surface area contributed by atoms with Crippen molar-refractivity contribution in [1.82, 2.24) is 0 Å². The Morgan fingerprint density at radius 2 is 1.95 bits per heavy atom. The number of aromatic hydroxyl groups is 1. The topological polar surface area (TPSA) is 67.8 Å². The molecule has 2 N–H and O–H groups in total. The predicted octanol–water partition coefficient (Wildman–Crippen LogP) is 2.59. The molecular weight excluding hydrogens is 270 g/mol. The molecule has 0 aliphatic heterocycles. The second-order valence-corrected chi connectivity index (χ2v) is 4.45. The summed E-state index contributed by atoms with van der Waals surface area (Å²) in [5, 5.41) is 12.1. The summed E-state index contributed by atoms with van der Waals surface area (Å²) in [5.41, 5.74) is 1.31. The van der Waals surface area contributed by atoms with Crippen LogP contribution in [0, 0.1) is 0 Å². The normalized spacial score (nSPS) is 10.0. The van der Waals surface area contributed by atoms with E-state index in [9.17, 15) is 9.90 Å². The first-order chi connectivity index (χ1) is 10.1. The lowest BCUT2D eigenvalue weighted by atomic mass is 10.1. The smallest absolute Gasteiger partial charge is 0.228 e. The fourth-order valence-corrected chi connectivity index (χ4v) is 1.96. The third-order valence-corrected chi connectivity index (χ3v) is 2.98. The lowest BCUT2D eigenvalue weighted by Crippen LogP contribution is -2.14. The molecule has 0 unspecified atom stereocenters. The molecular formula is C16H17NO4. The number of amides is 1. The highest BCUT2D eigenvalue weighted by atomic mass is 16.5. The maximum atomic E-state index is 12.0. The molecule has 0 spiro atoms. The van der Waals surface area contributed by atoms with Gasteiger partial charge in [-0.15, -0.1) is 0 Å². The Balaban J connectivity index is 2.09. The van der Waals surface area contributed by atoms with E-state index < -0.39 is 0 Å². The van der Waals surface area contributed by atoms with E-state index >= 15 is 0 Å². The van der Waals surface area contributed by atoms with Gasteiger partial charge in [0.15, 0.2) is 0 Å². The summed E-state index contributed by atoms with van der Waals surface area (Å²) in [6.07, 6.45) is 0.169. The van der Waals surface area contributed by atoms with Crippen LogP contribution in [0.3, 0.4) is 0 Å². The number of nitrogens with one attached hydrogen (secondary N) is 1. The standard InChI is InChI=1S/C16H17NO4/c1-20-14-7-6-11(15(10-14)21-2)8-16(19)17-12-4-3-5-13(18)9-12/h3-7,9-10,18H,8H2,1-2H3,(H,17,19). The summed E-state index contributed by atoms with van der Waals surface area (Å²) in [4.78, 5) is 12.0. The molecule has 0 saturated carbocycles. The van der Waals surface area contributed by atoms with Gasteiger partial charge >= 0.3 is 0 Å². The SMILES string of the molecule is COc1ccc(CC(=O)Nc2cccc(O)c2)c(OC)c1. The molecule has 5 nitrogen and oxygen atoms in total.